The minimum absolute atomic E-state index is 0.324. The lowest BCUT2D eigenvalue weighted by molar-refractivity contribution is 0.283. The highest BCUT2D eigenvalue weighted by Crippen LogP contribution is 2.26. The van der Waals surface area contributed by atoms with Crippen molar-refractivity contribution < 1.29 is 0 Å². The maximum atomic E-state index is 4.27. The van der Waals surface area contributed by atoms with Crippen LogP contribution in [0.15, 0.2) is 0 Å². The summed E-state index contributed by atoms with van der Waals surface area (Å²) >= 11 is 6.08. The van der Waals surface area contributed by atoms with Crippen LogP contribution in [-0.4, -0.2) is 22.1 Å². The van der Waals surface area contributed by atoms with Crippen molar-refractivity contribution in [2.45, 2.75) is 17.0 Å². The molecule has 1 saturated heterocycles. The number of hydrogen-bond acceptors (Lipinski definition) is 4. The second kappa shape index (κ2) is 2.47. The van der Waals surface area contributed by atoms with Gasteiger partial charge in [0.1, 0.15) is 4.71 Å². The summed E-state index contributed by atoms with van der Waals surface area (Å²) < 4.78 is 0.324. The summed E-state index contributed by atoms with van der Waals surface area (Å²) in [5.41, 5.74) is 3.19. The quantitative estimate of drug-likeness (QED) is 0.495. The van der Waals surface area contributed by atoms with Crippen LogP contribution in [0.25, 0.3) is 0 Å². The van der Waals surface area contributed by atoms with E-state index in [-0.39, 0.29) is 0 Å². The molecule has 0 aromatic carbocycles. The predicted molar refractivity (Wildman–Crippen MR) is 40.7 cm³/mol. The van der Waals surface area contributed by atoms with E-state index in [2.05, 4.69) is 25.0 Å². The van der Waals surface area contributed by atoms with E-state index in [4.69, 9.17) is 0 Å². The Labute approximate surface area is 59.4 Å². The summed E-state index contributed by atoms with van der Waals surface area (Å²) in [4.78, 5) is 0. The highest BCUT2D eigenvalue weighted by atomic mass is 32.2. The first-order valence-corrected chi connectivity index (χ1v) is 3.98. The molecule has 4 heteroatoms. The van der Waals surface area contributed by atoms with Crippen LogP contribution in [0.3, 0.4) is 0 Å². The molecule has 1 fully saturated rings. The van der Waals surface area contributed by atoms with Crippen molar-refractivity contribution >= 4 is 24.4 Å². The number of nitrogens with zero attached hydrogens (tertiary/aromatic N) is 1. The van der Waals surface area contributed by atoms with E-state index in [0.29, 0.717) is 10.1 Å². The topological polar surface area (TPSA) is 15.3 Å². The molecule has 1 heterocycles. The van der Waals surface area contributed by atoms with Crippen LogP contribution in [0, 0.1) is 0 Å². The molecule has 48 valence electrons. The van der Waals surface area contributed by atoms with Crippen molar-refractivity contribution in [2.75, 3.05) is 7.05 Å². The lowest BCUT2D eigenvalue weighted by atomic mass is 10.8. The normalized spacial score (nSPS) is 40.9. The van der Waals surface area contributed by atoms with Gasteiger partial charge in [-0.05, 0) is 6.92 Å². The van der Waals surface area contributed by atoms with Crippen LogP contribution < -0.4 is 5.43 Å². The van der Waals surface area contributed by atoms with E-state index in [1.54, 1.807) is 0 Å². The smallest absolute Gasteiger partial charge is 0.114 e. The van der Waals surface area contributed by atoms with Crippen LogP contribution in [-0.2, 0) is 0 Å². The van der Waals surface area contributed by atoms with Gasteiger partial charge in [0.2, 0.25) is 0 Å². The van der Waals surface area contributed by atoms with E-state index >= 15 is 0 Å². The Morgan fingerprint density at radius 2 is 2.38 bits per heavy atom. The third-order valence-corrected chi connectivity index (χ3v) is 2.83. The maximum Gasteiger partial charge on any atom is 0.114 e. The monoisotopic (exact) mass is 150 g/mol. The van der Waals surface area contributed by atoms with Crippen LogP contribution >= 0.6 is 24.4 Å². The first-order chi connectivity index (χ1) is 3.70. The van der Waals surface area contributed by atoms with Crippen molar-refractivity contribution in [3.8, 4) is 0 Å². The third-order valence-electron chi connectivity index (χ3n) is 1.04. The highest BCUT2D eigenvalue weighted by Gasteiger charge is 2.22. The van der Waals surface area contributed by atoms with Gasteiger partial charge in [-0.25, -0.2) is 10.4 Å². The SMILES string of the molecule is CC1NN(C)C(S)S1. The zero-order valence-electron chi connectivity index (χ0n) is 4.96. The molecular weight excluding hydrogens is 140 g/mol. The lowest BCUT2D eigenvalue weighted by Gasteiger charge is -2.10. The summed E-state index contributed by atoms with van der Waals surface area (Å²) in [7, 11) is 1.99. The van der Waals surface area contributed by atoms with Crippen LogP contribution in [0.5, 0.6) is 0 Å². The molecule has 2 atom stereocenters. The van der Waals surface area contributed by atoms with Gasteiger partial charge in [-0.15, -0.1) is 24.4 Å². The van der Waals surface area contributed by atoms with Gasteiger partial charge < -0.3 is 0 Å². The summed E-state index contributed by atoms with van der Waals surface area (Å²) in [5, 5.41) is 2.51. The van der Waals surface area contributed by atoms with E-state index < -0.39 is 0 Å². The second-order valence-corrected chi connectivity index (χ2v) is 4.11. The summed E-state index contributed by atoms with van der Waals surface area (Å²) in [6.07, 6.45) is 0. The second-order valence-electron chi connectivity index (χ2n) is 1.84. The first-order valence-electron chi connectivity index (χ1n) is 2.52. The molecule has 1 N–H and O–H groups in total. The number of rotatable bonds is 0. The van der Waals surface area contributed by atoms with Crippen molar-refractivity contribution in [1.29, 1.82) is 0 Å². The van der Waals surface area contributed by atoms with E-state index in [0.717, 1.165) is 0 Å². The standard InChI is InChI=1S/C4H10N2S2/c1-3-5-6(2)4(7)8-3/h3-5,7H,1-2H3. The summed E-state index contributed by atoms with van der Waals surface area (Å²) in [5.74, 6) is 0. The van der Waals surface area contributed by atoms with E-state index in [9.17, 15) is 0 Å². The zero-order valence-corrected chi connectivity index (χ0v) is 6.67. The first kappa shape index (κ1) is 6.74. The average Bonchev–Trinajstić information content (AvgIpc) is 1.85. The Morgan fingerprint density at radius 3 is 2.50 bits per heavy atom. The molecule has 0 aliphatic carbocycles. The van der Waals surface area contributed by atoms with Crippen molar-refractivity contribution in [1.82, 2.24) is 10.4 Å². The molecule has 0 aromatic heterocycles. The highest BCUT2D eigenvalue weighted by molar-refractivity contribution is 8.10. The van der Waals surface area contributed by atoms with Crippen LogP contribution in [0.1, 0.15) is 6.92 Å². The van der Waals surface area contributed by atoms with Gasteiger partial charge in [0.05, 0.1) is 5.37 Å². The Morgan fingerprint density at radius 1 is 1.75 bits per heavy atom. The minimum Gasteiger partial charge on any atom is -0.241 e. The van der Waals surface area contributed by atoms with Gasteiger partial charge >= 0.3 is 0 Å². The van der Waals surface area contributed by atoms with Crippen molar-refractivity contribution in [3.63, 3.8) is 0 Å². The minimum atomic E-state index is 0.324. The van der Waals surface area contributed by atoms with Crippen molar-refractivity contribution in [2.24, 2.45) is 0 Å². The Kier molecular flexibility index (Phi) is 2.08. The summed E-state index contributed by atoms with van der Waals surface area (Å²) in [6, 6.07) is 0. The van der Waals surface area contributed by atoms with Gasteiger partial charge in [0.15, 0.2) is 0 Å². The molecule has 1 aliphatic rings. The Hall–Kier alpha value is 0.620. The number of nitrogens with one attached hydrogen (secondary N) is 1. The van der Waals surface area contributed by atoms with E-state index in [1.807, 2.05) is 23.8 Å². The molecule has 2 unspecified atom stereocenters. The largest absolute Gasteiger partial charge is 0.241 e. The molecule has 2 nitrogen and oxygen atoms in total. The van der Waals surface area contributed by atoms with Crippen LogP contribution in [0.4, 0.5) is 0 Å². The molecule has 0 aromatic rings. The molecule has 1 rings (SSSR count). The van der Waals surface area contributed by atoms with Gasteiger partial charge in [-0.3, -0.25) is 0 Å². The fourth-order valence-corrected chi connectivity index (χ4v) is 2.10. The number of thiol groups is 1. The third kappa shape index (κ3) is 1.31. The number of hydrazine groups is 1. The molecular formula is C4H10N2S2. The Bertz CT molecular complexity index is 78.1. The lowest BCUT2D eigenvalue weighted by Crippen LogP contribution is -2.32. The average molecular weight is 150 g/mol. The fraction of sp³-hybridized carbons (Fsp3) is 1.00. The van der Waals surface area contributed by atoms with Gasteiger partial charge in [-0.1, -0.05) is 0 Å². The van der Waals surface area contributed by atoms with E-state index in [1.165, 1.54) is 0 Å². The Balaban J connectivity index is 2.39. The van der Waals surface area contributed by atoms with Gasteiger partial charge in [0.25, 0.3) is 0 Å². The van der Waals surface area contributed by atoms with Crippen LogP contribution in [0.2, 0.25) is 0 Å². The molecule has 1 aliphatic heterocycles. The maximum absolute atomic E-state index is 4.27. The molecule has 8 heavy (non-hydrogen) atoms. The fourth-order valence-electron chi connectivity index (χ4n) is 0.655. The predicted octanol–water partition coefficient (Wildman–Crippen LogP) is 0.729. The number of hydrogen-bond donors (Lipinski definition) is 2. The summed E-state index contributed by atoms with van der Waals surface area (Å²) in [6.45, 7) is 2.12. The molecule has 0 amide bonds. The molecule has 0 radical (unpaired) electrons. The molecule has 0 spiro atoms. The molecule has 0 bridgehead atoms. The van der Waals surface area contributed by atoms with Crippen molar-refractivity contribution in [3.05, 3.63) is 0 Å². The van der Waals surface area contributed by atoms with Gasteiger partial charge in [-0.2, -0.15) is 0 Å². The van der Waals surface area contributed by atoms with Gasteiger partial charge in [0, 0.05) is 7.05 Å². The number of thioether (sulfide) groups is 1. The molecule has 0 saturated carbocycles. The zero-order chi connectivity index (χ0) is 6.15.